The molecule has 6 nitrogen and oxygen atoms in total. The maximum Gasteiger partial charge on any atom is 0.285 e. The molecule has 106 valence electrons. The molecule has 1 aliphatic rings. The minimum absolute atomic E-state index is 0.203. The van der Waals surface area contributed by atoms with Crippen LogP contribution in [-0.4, -0.2) is 49.7 Å². The van der Waals surface area contributed by atoms with E-state index in [-0.39, 0.29) is 16.7 Å². The first kappa shape index (κ1) is 14.3. The average molecular weight is 288 g/mol. The molecule has 2 rings (SSSR count). The standard InChI is InChI=1S/C12H18ClN3O3/c1-18-6-7-19-9-2-4-16(5-3-9)10-8-14-15-12(17)11(10)13/h8-9H,2-7H2,1H3,(H,15,17). The van der Waals surface area contributed by atoms with Crippen molar-refractivity contribution < 1.29 is 9.47 Å². The third kappa shape index (κ3) is 3.68. The summed E-state index contributed by atoms with van der Waals surface area (Å²) < 4.78 is 10.6. The van der Waals surface area contributed by atoms with Crippen molar-refractivity contribution in [3.8, 4) is 0 Å². The van der Waals surface area contributed by atoms with Crippen molar-refractivity contribution in [3.05, 3.63) is 21.6 Å². The summed E-state index contributed by atoms with van der Waals surface area (Å²) in [7, 11) is 1.66. The zero-order chi connectivity index (χ0) is 13.7. The van der Waals surface area contributed by atoms with Crippen LogP contribution < -0.4 is 10.5 Å². The van der Waals surface area contributed by atoms with Crippen LogP contribution in [0.4, 0.5) is 5.69 Å². The third-order valence-corrected chi connectivity index (χ3v) is 3.57. The number of aromatic amines is 1. The van der Waals surface area contributed by atoms with Crippen LogP contribution in [0, 0.1) is 0 Å². The lowest BCUT2D eigenvalue weighted by Gasteiger charge is -2.33. The van der Waals surface area contributed by atoms with E-state index in [9.17, 15) is 4.79 Å². The summed E-state index contributed by atoms with van der Waals surface area (Å²) in [6.45, 7) is 2.85. The van der Waals surface area contributed by atoms with E-state index in [2.05, 4.69) is 15.1 Å². The van der Waals surface area contributed by atoms with Crippen LogP contribution in [0.1, 0.15) is 12.8 Å². The molecule has 0 unspecified atom stereocenters. The number of halogens is 1. The van der Waals surface area contributed by atoms with Gasteiger partial charge in [-0.05, 0) is 12.8 Å². The Morgan fingerprint density at radius 2 is 2.21 bits per heavy atom. The number of hydrogen-bond acceptors (Lipinski definition) is 5. The quantitative estimate of drug-likeness (QED) is 0.820. The number of hydrogen-bond donors (Lipinski definition) is 1. The molecule has 1 N–H and O–H groups in total. The van der Waals surface area contributed by atoms with Gasteiger partial charge in [0.25, 0.3) is 5.56 Å². The van der Waals surface area contributed by atoms with Gasteiger partial charge >= 0.3 is 0 Å². The maximum atomic E-state index is 11.4. The Balaban J connectivity index is 1.89. The van der Waals surface area contributed by atoms with Crippen molar-refractivity contribution in [2.75, 3.05) is 38.3 Å². The molecule has 1 aromatic heterocycles. The SMILES string of the molecule is COCCOC1CCN(c2cn[nH]c(=O)c2Cl)CC1. The van der Waals surface area contributed by atoms with E-state index in [4.69, 9.17) is 21.1 Å². The van der Waals surface area contributed by atoms with Gasteiger partial charge in [0.1, 0.15) is 5.02 Å². The first-order valence-corrected chi connectivity index (χ1v) is 6.69. The van der Waals surface area contributed by atoms with E-state index in [0.717, 1.165) is 25.9 Å². The van der Waals surface area contributed by atoms with Crippen LogP contribution in [-0.2, 0) is 9.47 Å². The Labute approximate surface area is 116 Å². The molecule has 0 saturated carbocycles. The van der Waals surface area contributed by atoms with Gasteiger partial charge in [-0.25, -0.2) is 5.10 Å². The molecule has 0 atom stereocenters. The van der Waals surface area contributed by atoms with Gasteiger partial charge in [-0.1, -0.05) is 11.6 Å². The van der Waals surface area contributed by atoms with Gasteiger partial charge in [0.2, 0.25) is 0 Å². The number of rotatable bonds is 5. The number of ether oxygens (including phenoxy) is 2. The summed E-state index contributed by atoms with van der Waals surface area (Å²) in [5, 5.41) is 6.31. The second-order valence-corrected chi connectivity index (χ2v) is 4.83. The Hall–Kier alpha value is -1.11. The second kappa shape index (κ2) is 6.88. The summed E-state index contributed by atoms with van der Waals surface area (Å²) in [5.74, 6) is 0. The normalized spacial score (nSPS) is 16.8. The van der Waals surface area contributed by atoms with E-state index in [0.29, 0.717) is 18.9 Å². The summed E-state index contributed by atoms with van der Waals surface area (Å²) in [5.41, 5.74) is 0.346. The highest BCUT2D eigenvalue weighted by Crippen LogP contribution is 2.24. The van der Waals surface area contributed by atoms with Crippen LogP contribution in [0.3, 0.4) is 0 Å². The first-order chi connectivity index (χ1) is 9.22. The van der Waals surface area contributed by atoms with E-state index in [1.807, 2.05) is 0 Å². The molecule has 0 aliphatic carbocycles. The molecular weight excluding hydrogens is 270 g/mol. The first-order valence-electron chi connectivity index (χ1n) is 6.31. The van der Waals surface area contributed by atoms with Crippen molar-refractivity contribution in [1.29, 1.82) is 0 Å². The highest BCUT2D eigenvalue weighted by molar-refractivity contribution is 6.32. The number of aromatic nitrogens is 2. The summed E-state index contributed by atoms with van der Waals surface area (Å²) in [4.78, 5) is 13.5. The van der Waals surface area contributed by atoms with Crippen LogP contribution in [0.25, 0.3) is 0 Å². The van der Waals surface area contributed by atoms with Crippen molar-refractivity contribution in [3.63, 3.8) is 0 Å². The molecule has 2 heterocycles. The number of nitrogens with zero attached hydrogens (tertiary/aromatic N) is 2. The van der Waals surface area contributed by atoms with E-state index in [1.54, 1.807) is 13.3 Å². The van der Waals surface area contributed by atoms with Crippen molar-refractivity contribution in [1.82, 2.24) is 10.2 Å². The average Bonchev–Trinajstić information content (AvgIpc) is 2.43. The molecule has 1 aromatic rings. The largest absolute Gasteiger partial charge is 0.382 e. The van der Waals surface area contributed by atoms with Crippen LogP contribution in [0.5, 0.6) is 0 Å². The number of nitrogens with one attached hydrogen (secondary N) is 1. The van der Waals surface area contributed by atoms with Gasteiger partial charge in [-0.2, -0.15) is 5.10 Å². The minimum atomic E-state index is -0.349. The molecule has 1 aliphatic heterocycles. The molecule has 0 radical (unpaired) electrons. The summed E-state index contributed by atoms with van der Waals surface area (Å²) in [6, 6.07) is 0. The molecular formula is C12H18ClN3O3. The number of anilines is 1. The molecule has 0 aromatic carbocycles. The van der Waals surface area contributed by atoms with E-state index < -0.39 is 0 Å². The van der Waals surface area contributed by atoms with E-state index >= 15 is 0 Å². The van der Waals surface area contributed by atoms with Crippen LogP contribution in [0.2, 0.25) is 5.02 Å². The molecule has 19 heavy (non-hydrogen) atoms. The Morgan fingerprint density at radius 3 is 2.89 bits per heavy atom. The highest BCUT2D eigenvalue weighted by atomic mass is 35.5. The number of H-pyrrole nitrogens is 1. The maximum absolute atomic E-state index is 11.4. The molecule has 1 saturated heterocycles. The van der Waals surface area contributed by atoms with E-state index in [1.165, 1.54) is 0 Å². The predicted molar refractivity (Wildman–Crippen MR) is 72.9 cm³/mol. The lowest BCUT2D eigenvalue weighted by molar-refractivity contribution is 0.00610. The molecule has 0 bridgehead atoms. The lowest BCUT2D eigenvalue weighted by atomic mass is 10.1. The lowest BCUT2D eigenvalue weighted by Crippen LogP contribution is -2.38. The van der Waals surface area contributed by atoms with Gasteiger partial charge in [0, 0.05) is 20.2 Å². The van der Waals surface area contributed by atoms with Crippen molar-refractivity contribution in [2.45, 2.75) is 18.9 Å². The topological polar surface area (TPSA) is 67.5 Å². The summed E-state index contributed by atoms with van der Waals surface area (Å²) >= 11 is 5.99. The van der Waals surface area contributed by atoms with Gasteiger partial charge in [0.05, 0.1) is 31.2 Å². The fourth-order valence-electron chi connectivity index (χ4n) is 2.16. The van der Waals surface area contributed by atoms with Gasteiger partial charge in [-0.15, -0.1) is 0 Å². The summed E-state index contributed by atoms with van der Waals surface area (Å²) in [6.07, 6.45) is 3.66. The fourth-order valence-corrected chi connectivity index (χ4v) is 2.37. The Kier molecular flexibility index (Phi) is 5.18. The number of methoxy groups -OCH3 is 1. The zero-order valence-electron chi connectivity index (χ0n) is 10.9. The zero-order valence-corrected chi connectivity index (χ0v) is 11.7. The van der Waals surface area contributed by atoms with Gasteiger partial charge < -0.3 is 14.4 Å². The second-order valence-electron chi connectivity index (χ2n) is 4.45. The van der Waals surface area contributed by atoms with Gasteiger partial charge in [-0.3, -0.25) is 4.79 Å². The Bertz CT molecular complexity index is 458. The smallest absolute Gasteiger partial charge is 0.285 e. The molecule has 0 amide bonds. The monoisotopic (exact) mass is 287 g/mol. The van der Waals surface area contributed by atoms with Crippen molar-refractivity contribution in [2.24, 2.45) is 0 Å². The van der Waals surface area contributed by atoms with Crippen LogP contribution in [0.15, 0.2) is 11.0 Å². The fraction of sp³-hybridized carbons (Fsp3) is 0.667. The highest BCUT2D eigenvalue weighted by Gasteiger charge is 2.22. The molecule has 7 heteroatoms. The third-order valence-electron chi connectivity index (χ3n) is 3.20. The van der Waals surface area contributed by atoms with Crippen molar-refractivity contribution >= 4 is 17.3 Å². The van der Waals surface area contributed by atoms with Gasteiger partial charge in [0.15, 0.2) is 0 Å². The predicted octanol–water partition coefficient (Wildman–Crippen LogP) is 1.06. The Morgan fingerprint density at radius 1 is 1.47 bits per heavy atom. The molecule has 1 fully saturated rings. The minimum Gasteiger partial charge on any atom is -0.382 e. The van der Waals surface area contributed by atoms with Crippen LogP contribution >= 0.6 is 11.6 Å². The molecule has 0 spiro atoms. The number of piperidine rings is 1.